The summed E-state index contributed by atoms with van der Waals surface area (Å²) in [4.78, 5) is 23.2. The monoisotopic (exact) mass is 240 g/mol. The Morgan fingerprint density at radius 2 is 1.88 bits per heavy atom. The first kappa shape index (κ1) is 13.5. The van der Waals surface area contributed by atoms with Crippen molar-refractivity contribution in [3.05, 3.63) is 35.4 Å². The van der Waals surface area contributed by atoms with E-state index in [1.165, 1.54) is 6.07 Å². The average molecular weight is 240 g/mol. The number of carbonyl (C=O) groups is 2. The van der Waals surface area contributed by atoms with Gasteiger partial charge in [0.2, 0.25) is 0 Å². The molecule has 92 valence electrons. The van der Waals surface area contributed by atoms with Crippen LogP contribution in [-0.2, 0) is 4.79 Å². The molecule has 0 aliphatic rings. The quantitative estimate of drug-likeness (QED) is 0.585. The number of halogens is 2. The van der Waals surface area contributed by atoms with Crippen molar-refractivity contribution < 1.29 is 18.4 Å². The smallest absolute Gasteiger partial charge is 0.170 e. The van der Waals surface area contributed by atoms with Crippen LogP contribution in [0.25, 0.3) is 0 Å². The number of carbonyl (C=O) groups excluding carboxylic acids is 2. The maximum Gasteiger partial charge on any atom is 0.170 e. The van der Waals surface area contributed by atoms with Crippen molar-refractivity contribution in [1.29, 1.82) is 0 Å². The fraction of sp³-hybridized carbons (Fsp3) is 0.385. The predicted octanol–water partition coefficient (Wildman–Crippen LogP) is 3.15. The molecule has 0 amide bonds. The van der Waals surface area contributed by atoms with Gasteiger partial charge in [0.1, 0.15) is 5.78 Å². The molecule has 1 unspecified atom stereocenters. The van der Waals surface area contributed by atoms with E-state index >= 15 is 0 Å². The molecule has 1 rings (SSSR count). The highest BCUT2D eigenvalue weighted by Crippen LogP contribution is 2.13. The summed E-state index contributed by atoms with van der Waals surface area (Å²) in [6, 6.07) is 2.89. The number of hydrogen-bond donors (Lipinski definition) is 0. The Morgan fingerprint density at radius 1 is 1.24 bits per heavy atom. The highest BCUT2D eigenvalue weighted by molar-refractivity contribution is 6.08. The van der Waals surface area contributed by atoms with Gasteiger partial charge in [0.15, 0.2) is 17.4 Å². The van der Waals surface area contributed by atoms with Crippen molar-refractivity contribution in [3.63, 3.8) is 0 Å². The third-order valence-electron chi connectivity index (χ3n) is 2.74. The molecule has 4 heteroatoms. The molecule has 0 radical (unpaired) electrons. The van der Waals surface area contributed by atoms with E-state index in [1.54, 1.807) is 6.92 Å². The van der Waals surface area contributed by atoms with Gasteiger partial charge in [0, 0.05) is 11.5 Å². The highest BCUT2D eigenvalue weighted by Gasteiger charge is 2.17. The van der Waals surface area contributed by atoms with Crippen LogP contribution in [0, 0.1) is 17.6 Å². The van der Waals surface area contributed by atoms with E-state index in [0.29, 0.717) is 6.42 Å². The van der Waals surface area contributed by atoms with E-state index in [0.717, 1.165) is 12.1 Å². The molecule has 2 nitrogen and oxygen atoms in total. The lowest BCUT2D eigenvalue weighted by atomic mass is 9.97. The fourth-order valence-corrected chi connectivity index (χ4v) is 1.33. The van der Waals surface area contributed by atoms with Gasteiger partial charge >= 0.3 is 0 Å². The number of rotatable bonds is 5. The molecular weight excluding hydrogens is 226 g/mol. The van der Waals surface area contributed by atoms with Gasteiger partial charge in [0.05, 0.1) is 6.42 Å². The summed E-state index contributed by atoms with van der Waals surface area (Å²) < 4.78 is 25.5. The number of benzene rings is 1. The molecule has 0 aromatic heterocycles. The average Bonchev–Trinajstić information content (AvgIpc) is 2.31. The first-order valence-corrected chi connectivity index (χ1v) is 5.46. The molecule has 0 bridgehead atoms. The minimum atomic E-state index is -1.08. The third-order valence-corrected chi connectivity index (χ3v) is 2.74. The van der Waals surface area contributed by atoms with Crippen molar-refractivity contribution in [1.82, 2.24) is 0 Å². The summed E-state index contributed by atoms with van der Waals surface area (Å²) in [5, 5.41) is 0. The van der Waals surface area contributed by atoms with E-state index < -0.39 is 17.4 Å². The Morgan fingerprint density at radius 3 is 2.41 bits per heavy atom. The topological polar surface area (TPSA) is 34.1 Å². The van der Waals surface area contributed by atoms with Crippen LogP contribution in [0.15, 0.2) is 18.2 Å². The summed E-state index contributed by atoms with van der Waals surface area (Å²) >= 11 is 0. The van der Waals surface area contributed by atoms with E-state index in [4.69, 9.17) is 0 Å². The summed E-state index contributed by atoms with van der Waals surface area (Å²) in [6.07, 6.45) is 0.393. The van der Waals surface area contributed by atoms with Crippen molar-refractivity contribution in [3.8, 4) is 0 Å². The Hall–Kier alpha value is -1.58. The van der Waals surface area contributed by atoms with Crippen LogP contribution in [0.2, 0.25) is 0 Å². The lowest BCUT2D eigenvalue weighted by molar-refractivity contribution is -0.121. The fourth-order valence-electron chi connectivity index (χ4n) is 1.33. The number of hydrogen-bond acceptors (Lipinski definition) is 2. The Labute approximate surface area is 98.6 Å². The van der Waals surface area contributed by atoms with Crippen LogP contribution in [0.5, 0.6) is 0 Å². The van der Waals surface area contributed by atoms with Gasteiger partial charge in [-0.2, -0.15) is 0 Å². The van der Waals surface area contributed by atoms with Crippen LogP contribution < -0.4 is 0 Å². The van der Waals surface area contributed by atoms with Gasteiger partial charge in [-0.25, -0.2) is 8.78 Å². The molecule has 0 saturated carbocycles. The van der Waals surface area contributed by atoms with Crippen molar-refractivity contribution in [2.75, 3.05) is 0 Å². The van der Waals surface area contributed by atoms with Gasteiger partial charge < -0.3 is 0 Å². The predicted molar refractivity (Wildman–Crippen MR) is 59.8 cm³/mol. The SMILES string of the molecule is CCC(C)C(=O)CC(=O)c1ccc(F)c(F)c1. The van der Waals surface area contributed by atoms with E-state index in [9.17, 15) is 18.4 Å². The van der Waals surface area contributed by atoms with E-state index in [1.807, 2.05) is 6.92 Å². The molecule has 17 heavy (non-hydrogen) atoms. The van der Waals surface area contributed by atoms with Crippen LogP contribution in [0.4, 0.5) is 8.78 Å². The zero-order valence-electron chi connectivity index (χ0n) is 9.80. The van der Waals surface area contributed by atoms with E-state index in [-0.39, 0.29) is 23.7 Å². The first-order chi connectivity index (χ1) is 7.95. The Bertz CT molecular complexity index is 441. The summed E-state index contributed by atoms with van der Waals surface area (Å²) in [6.45, 7) is 3.59. The zero-order valence-corrected chi connectivity index (χ0v) is 9.80. The van der Waals surface area contributed by atoms with Crippen LogP contribution in [0.3, 0.4) is 0 Å². The zero-order chi connectivity index (χ0) is 13.0. The van der Waals surface area contributed by atoms with Gasteiger partial charge in [-0.1, -0.05) is 13.8 Å². The van der Waals surface area contributed by atoms with Crippen molar-refractivity contribution in [2.24, 2.45) is 5.92 Å². The highest BCUT2D eigenvalue weighted by atomic mass is 19.2. The Kier molecular flexibility index (Phi) is 4.49. The standard InChI is InChI=1S/C13H14F2O2/c1-3-8(2)12(16)7-13(17)9-4-5-10(14)11(15)6-9/h4-6,8H,3,7H2,1-2H3. The molecule has 0 N–H and O–H groups in total. The molecule has 1 aromatic carbocycles. The van der Waals surface area contributed by atoms with Gasteiger partial charge in [0.25, 0.3) is 0 Å². The summed E-state index contributed by atoms with van der Waals surface area (Å²) in [7, 11) is 0. The molecule has 0 fully saturated rings. The minimum Gasteiger partial charge on any atom is -0.299 e. The second-order valence-corrected chi connectivity index (χ2v) is 4.00. The summed E-state index contributed by atoms with van der Waals surface area (Å²) in [5.41, 5.74) is 0.0283. The molecule has 0 aliphatic carbocycles. The summed E-state index contributed by atoms with van der Waals surface area (Å²) in [5.74, 6) is -2.93. The second-order valence-electron chi connectivity index (χ2n) is 4.00. The molecular formula is C13H14F2O2. The number of Topliss-reactive ketones (excluding diaryl/α,β-unsaturated/α-hetero) is 2. The van der Waals surface area contributed by atoms with Gasteiger partial charge in [-0.3, -0.25) is 9.59 Å². The van der Waals surface area contributed by atoms with E-state index in [2.05, 4.69) is 0 Å². The minimum absolute atomic E-state index is 0.0283. The molecule has 0 saturated heterocycles. The molecule has 1 atom stereocenters. The lowest BCUT2D eigenvalue weighted by Gasteiger charge is -2.06. The second kappa shape index (κ2) is 5.66. The first-order valence-electron chi connectivity index (χ1n) is 5.46. The molecule has 1 aromatic rings. The molecule has 0 aliphatic heterocycles. The molecule has 0 heterocycles. The van der Waals surface area contributed by atoms with Crippen LogP contribution in [0.1, 0.15) is 37.0 Å². The maximum absolute atomic E-state index is 12.9. The molecule has 0 spiro atoms. The lowest BCUT2D eigenvalue weighted by Crippen LogP contribution is -2.15. The van der Waals surface area contributed by atoms with Crippen molar-refractivity contribution in [2.45, 2.75) is 26.7 Å². The maximum atomic E-state index is 12.9. The van der Waals surface area contributed by atoms with Gasteiger partial charge in [-0.05, 0) is 24.6 Å². The number of ketones is 2. The van der Waals surface area contributed by atoms with Crippen LogP contribution >= 0.6 is 0 Å². The van der Waals surface area contributed by atoms with Gasteiger partial charge in [-0.15, -0.1) is 0 Å². The third kappa shape index (κ3) is 3.44. The van der Waals surface area contributed by atoms with Crippen molar-refractivity contribution >= 4 is 11.6 Å². The largest absolute Gasteiger partial charge is 0.299 e. The Balaban J connectivity index is 2.77. The van der Waals surface area contributed by atoms with Crippen LogP contribution in [-0.4, -0.2) is 11.6 Å². The normalized spacial score (nSPS) is 12.2.